The lowest BCUT2D eigenvalue weighted by atomic mass is 9.86. The second-order valence-corrected chi connectivity index (χ2v) is 5.63. The van der Waals surface area contributed by atoms with Crippen molar-refractivity contribution >= 4 is 5.69 Å². The minimum absolute atomic E-state index is 0.0638. The smallest absolute Gasteiger partial charge is 0.153 e. The monoisotopic (exact) mass is 272 g/mol. The molecule has 2 N–H and O–H groups in total. The fraction of sp³-hybridized carbons (Fsp3) is 0.312. The number of benzene rings is 1. The molecule has 0 aliphatic rings. The van der Waals surface area contributed by atoms with E-state index in [1.54, 1.807) is 25.6 Å². The second kappa shape index (κ2) is 5.41. The summed E-state index contributed by atoms with van der Waals surface area (Å²) in [5, 5.41) is 0. The predicted octanol–water partition coefficient (Wildman–Crippen LogP) is 3.76. The van der Waals surface area contributed by atoms with Crippen molar-refractivity contribution in [1.82, 2.24) is 4.98 Å². The third-order valence-corrected chi connectivity index (χ3v) is 3.02. The second-order valence-electron chi connectivity index (χ2n) is 5.63. The summed E-state index contributed by atoms with van der Waals surface area (Å²) < 4.78 is 11.2. The Morgan fingerprint density at radius 2 is 1.85 bits per heavy atom. The molecule has 0 unspecified atom stereocenters. The van der Waals surface area contributed by atoms with Gasteiger partial charge in [-0.3, -0.25) is 4.98 Å². The Hall–Kier alpha value is -2.23. The maximum absolute atomic E-state index is 5.95. The van der Waals surface area contributed by atoms with E-state index in [4.69, 9.17) is 15.2 Å². The molecule has 0 saturated carbocycles. The highest BCUT2D eigenvalue weighted by atomic mass is 16.5. The van der Waals surface area contributed by atoms with Crippen LogP contribution in [0.15, 0.2) is 36.7 Å². The molecule has 1 heterocycles. The predicted molar refractivity (Wildman–Crippen MR) is 80.4 cm³/mol. The van der Waals surface area contributed by atoms with E-state index < -0.39 is 0 Å². The van der Waals surface area contributed by atoms with E-state index in [1.807, 2.05) is 18.2 Å². The molecule has 0 spiro atoms. The number of nitrogens with two attached hydrogens (primary N) is 1. The number of ether oxygens (including phenoxy) is 2. The van der Waals surface area contributed by atoms with Crippen LogP contribution in [0.5, 0.6) is 17.2 Å². The summed E-state index contributed by atoms with van der Waals surface area (Å²) >= 11 is 0. The number of hydrogen-bond donors (Lipinski definition) is 1. The normalized spacial score (nSPS) is 11.2. The van der Waals surface area contributed by atoms with Crippen molar-refractivity contribution in [3.8, 4) is 17.2 Å². The minimum atomic E-state index is -0.0638. The van der Waals surface area contributed by atoms with Crippen LogP contribution in [-0.4, -0.2) is 12.1 Å². The number of nitrogens with zero attached hydrogens (tertiary/aromatic N) is 1. The molecule has 1 aromatic carbocycles. The van der Waals surface area contributed by atoms with Gasteiger partial charge in [-0.05, 0) is 23.6 Å². The summed E-state index contributed by atoms with van der Waals surface area (Å²) in [5.41, 5.74) is 7.39. The van der Waals surface area contributed by atoms with Crippen LogP contribution in [-0.2, 0) is 5.41 Å². The molecule has 0 fully saturated rings. The molecular weight excluding hydrogens is 252 g/mol. The van der Waals surface area contributed by atoms with Crippen LogP contribution in [0, 0.1) is 0 Å². The average molecular weight is 272 g/mol. The molecule has 4 heteroatoms. The van der Waals surface area contributed by atoms with Gasteiger partial charge < -0.3 is 15.2 Å². The third kappa shape index (κ3) is 3.02. The van der Waals surface area contributed by atoms with Crippen molar-refractivity contribution in [3.05, 3.63) is 42.2 Å². The maximum Gasteiger partial charge on any atom is 0.153 e. The fourth-order valence-corrected chi connectivity index (χ4v) is 1.92. The highest BCUT2D eigenvalue weighted by Gasteiger charge is 2.20. The van der Waals surface area contributed by atoms with E-state index in [-0.39, 0.29) is 5.41 Å². The number of hydrogen-bond acceptors (Lipinski definition) is 4. The van der Waals surface area contributed by atoms with Crippen LogP contribution in [0.1, 0.15) is 26.3 Å². The number of aromatic nitrogens is 1. The van der Waals surface area contributed by atoms with Gasteiger partial charge in [-0.25, -0.2) is 0 Å². The van der Waals surface area contributed by atoms with E-state index in [9.17, 15) is 0 Å². The quantitative estimate of drug-likeness (QED) is 0.924. The summed E-state index contributed by atoms with van der Waals surface area (Å²) in [7, 11) is 1.66. The molecule has 106 valence electrons. The van der Waals surface area contributed by atoms with E-state index >= 15 is 0 Å². The lowest BCUT2D eigenvalue weighted by Gasteiger charge is -2.23. The van der Waals surface area contributed by atoms with Crippen LogP contribution in [0.4, 0.5) is 5.69 Å². The molecule has 0 aliphatic carbocycles. The van der Waals surface area contributed by atoms with Gasteiger partial charge in [0.05, 0.1) is 19.0 Å². The topological polar surface area (TPSA) is 57.4 Å². The van der Waals surface area contributed by atoms with Gasteiger partial charge in [-0.1, -0.05) is 20.8 Å². The number of anilines is 1. The lowest BCUT2D eigenvalue weighted by molar-refractivity contribution is 0.407. The molecule has 20 heavy (non-hydrogen) atoms. The van der Waals surface area contributed by atoms with E-state index in [2.05, 4.69) is 25.8 Å². The van der Waals surface area contributed by atoms with Gasteiger partial charge in [0, 0.05) is 17.8 Å². The molecule has 4 nitrogen and oxygen atoms in total. The van der Waals surface area contributed by atoms with Gasteiger partial charge in [0.2, 0.25) is 0 Å². The first kappa shape index (κ1) is 14.2. The van der Waals surface area contributed by atoms with Gasteiger partial charge >= 0.3 is 0 Å². The zero-order chi connectivity index (χ0) is 14.8. The highest BCUT2D eigenvalue weighted by Crippen LogP contribution is 2.37. The summed E-state index contributed by atoms with van der Waals surface area (Å²) in [5.74, 6) is 2.19. The summed E-state index contributed by atoms with van der Waals surface area (Å²) in [4.78, 5) is 3.96. The van der Waals surface area contributed by atoms with Crippen molar-refractivity contribution in [3.63, 3.8) is 0 Å². The molecular formula is C16H20N2O2. The number of rotatable bonds is 3. The van der Waals surface area contributed by atoms with Crippen molar-refractivity contribution in [1.29, 1.82) is 0 Å². The number of pyridine rings is 1. The Labute approximate surface area is 119 Å². The summed E-state index contributed by atoms with van der Waals surface area (Å²) in [6.45, 7) is 6.39. The van der Waals surface area contributed by atoms with Gasteiger partial charge in [0.25, 0.3) is 0 Å². The van der Waals surface area contributed by atoms with E-state index in [1.165, 1.54) is 0 Å². The zero-order valence-corrected chi connectivity index (χ0v) is 12.3. The molecule has 0 bridgehead atoms. The number of methoxy groups -OCH3 is 1. The standard InChI is InChI=1S/C16H20N2O2/c1-16(2,3)12-9-11(19-4)5-6-14(12)20-15-7-8-18-10-13(15)17/h5-10H,17H2,1-4H3. The Kier molecular flexibility index (Phi) is 3.84. The molecule has 2 rings (SSSR count). The highest BCUT2D eigenvalue weighted by molar-refractivity contribution is 5.53. The van der Waals surface area contributed by atoms with Crippen LogP contribution < -0.4 is 15.2 Å². The van der Waals surface area contributed by atoms with E-state index in [0.29, 0.717) is 11.4 Å². The molecule has 0 radical (unpaired) electrons. The fourth-order valence-electron chi connectivity index (χ4n) is 1.92. The first-order chi connectivity index (χ1) is 9.41. The first-order valence-corrected chi connectivity index (χ1v) is 6.47. The molecule has 0 aliphatic heterocycles. The SMILES string of the molecule is COc1ccc(Oc2ccncc2N)c(C(C)(C)C)c1. The first-order valence-electron chi connectivity index (χ1n) is 6.47. The third-order valence-electron chi connectivity index (χ3n) is 3.02. The van der Waals surface area contributed by atoms with Crippen LogP contribution >= 0.6 is 0 Å². The van der Waals surface area contributed by atoms with Crippen LogP contribution in [0.2, 0.25) is 0 Å². The van der Waals surface area contributed by atoms with Gasteiger partial charge in [0.1, 0.15) is 11.5 Å². The Bertz CT molecular complexity index is 604. The largest absolute Gasteiger partial charge is 0.497 e. The van der Waals surface area contributed by atoms with Crippen molar-refractivity contribution in [2.24, 2.45) is 0 Å². The summed E-state index contributed by atoms with van der Waals surface area (Å²) in [6.07, 6.45) is 3.24. The van der Waals surface area contributed by atoms with Crippen molar-refractivity contribution in [2.75, 3.05) is 12.8 Å². The van der Waals surface area contributed by atoms with Crippen LogP contribution in [0.25, 0.3) is 0 Å². The van der Waals surface area contributed by atoms with E-state index in [0.717, 1.165) is 17.1 Å². The average Bonchev–Trinajstić information content (AvgIpc) is 2.40. The molecule has 2 aromatic rings. The maximum atomic E-state index is 5.95. The minimum Gasteiger partial charge on any atom is -0.497 e. The lowest BCUT2D eigenvalue weighted by Crippen LogP contribution is -2.13. The summed E-state index contributed by atoms with van der Waals surface area (Å²) in [6, 6.07) is 7.53. The van der Waals surface area contributed by atoms with Gasteiger partial charge in [-0.15, -0.1) is 0 Å². The molecule has 0 atom stereocenters. The molecule has 0 amide bonds. The Balaban J connectivity index is 2.44. The van der Waals surface area contributed by atoms with Crippen molar-refractivity contribution in [2.45, 2.75) is 26.2 Å². The Morgan fingerprint density at radius 3 is 2.45 bits per heavy atom. The zero-order valence-electron chi connectivity index (χ0n) is 12.3. The molecule has 1 aromatic heterocycles. The number of nitrogen functional groups attached to an aromatic ring is 1. The molecule has 0 saturated heterocycles. The Morgan fingerprint density at radius 1 is 1.10 bits per heavy atom. The van der Waals surface area contributed by atoms with Gasteiger partial charge in [0.15, 0.2) is 5.75 Å². The van der Waals surface area contributed by atoms with Crippen molar-refractivity contribution < 1.29 is 9.47 Å². The van der Waals surface area contributed by atoms with Gasteiger partial charge in [-0.2, -0.15) is 0 Å². The van der Waals surface area contributed by atoms with Crippen LogP contribution in [0.3, 0.4) is 0 Å².